The zero-order valence-corrected chi connectivity index (χ0v) is 19.5. The third-order valence-electron chi connectivity index (χ3n) is 4.97. The van der Waals surface area contributed by atoms with Crippen LogP contribution in [0.15, 0.2) is 32.8 Å². The first kappa shape index (κ1) is 21.1. The van der Waals surface area contributed by atoms with Gasteiger partial charge in [0.05, 0.1) is 29.3 Å². The smallest absolute Gasteiger partial charge is 0.282 e. The predicted molar refractivity (Wildman–Crippen MR) is 125 cm³/mol. The molecule has 4 rings (SSSR count). The molecular weight excluding hydrogens is 466 g/mol. The van der Waals surface area contributed by atoms with Gasteiger partial charge in [0.15, 0.2) is 11.5 Å². The zero-order valence-electron chi connectivity index (χ0n) is 17.1. The molecule has 8 heteroatoms. The summed E-state index contributed by atoms with van der Waals surface area (Å²) in [5.41, 5.74) is 1.86. The van der Waals surface area contributed by atoms with Crippen molar-refractivity contribution in [3.63, 3.8) is 0 Å². The number of ether oxygens (including phenoxy) is 2. The van der Waals surface area contributed by atoms with E-state index in [4.69, 9.17) is 9.47 Å². The van der Waals surface area contributed by atoms with Crippen LogP contribution in [0.25, 0.3) is 10.2 Å². The molecule has 0 unspecified atom stereocenters. The number of hydrogen-bond acceptors (Lipinski definition) is 6. The number of fused-ring (bicyclic) bond motifs is 3. The van der Waals surface area contributed by atoms with Gasteiger partial charge in [-0.1, -0.05) is 6.92 Å². The van der Waals surface area contributed by atoms with Crippen molar-refractivity contribution >= 4 is 43.7 Å². The number of aryl methyl sites for hydroxylation is 2. The molecule has 0 radical (unpaired) electrons. The Bertz CT molecular complexity index is 1150. The van der Waals surface area contributed by atoms with Crippen LogP contribution in [-0.2, 0) is 12.8 Å². The number of thiophene rings is 1. The molecule has 2 heterocycles. The van der Waals surface area contributed by atoms with E-state index in [1.54, 1.807) is 17.6 Å². The molecule has 0 saturated carbocycles. The fourth-order valence-corrected chi connectivity index (χ4v) is 5.41. The number of nitrogens with zero attached hydrogens (tertiary/aromatic N) is 3. The Balaban J connectivity index is 1.69. The van der Waals surface area contributed by atoms with Crippen LogP contribution in [-0.4, -0.2) is 29.1 Å². The van der Waals surface area contributed by atoms with Gasteiger partial charge in [-0.3, -0.25) is 4.79 Å². The highest BCUT2D eigenvalue weighted by Gasteiger charge is 2.20. The second-order valence-electron chi connectivity index (χ2n) is 7.14. The van der Waals surface area contributed by atoms with Gasteiger partial charge in [-0.25, -0.2) is 4.98 Å². The molecule has 158 valence electrons. The Morgan fingerprint density at radius 3 is 2.90 bits per heavy atom. The van der Waals surface area contributed by atoms with Crippen LogP contribution in [0.3, 0.4) is 0 Å². The van der Waals surface area contributed by atoms with Gasteiger partial charge < -0.3 is 9.47 Å². The molecular formula is C22H24BrN3O3S. The summed E-state index contributed by atoms with van der Waals surface area (Å²) in [4.78, 5) is 19.7. The van der Waals surface area contributed by atoms with E-state index < -0.39 is 0 Å². The van der Waals surface area contributed by atoms with Gasteiger partial charge >= 0.3 is 0 Å². The number of aromatic nitrogens is 2. The van der Waals surface area contributed by atoms with E-state index in [9.17, 15) is 4.79 Å². The number of rotatable bonds is 7. The minimum atomic E-state index is -0.109. The third kappa shape index (κ3) is 4.16. The molecule has 1 aliphatic carbocycles. The fourth-order valence-electron chi connectivity index (χ4n) is 3.62. The van der Waals surface area contributed by atoms with Crippen LogP contribution >= 0.6 is 27.3 Å². The highest BCUT2D eigenvalue weighted by molar-refractivity contribution is 9.10. The summed E-state index contributed by atoms with van der Waals surface area (Å²) in [6, 6.07) is 3.77. The van der Waals surface area contributed by atoms with Crippen molar-refractivity contribution in [3.05, 3.63) is 49.3 Å². The lowest BCUT2D eigenvalue weighted by molar-refractivity contribution is 0.275. The summed E-state index contributed by atoms with van der Waals surface area (Å²) in [7, 11) is 0. The largest absolute Gasteiger partial charge is 0.490 e. The van der Waals surface area contributed by atoms with Crippen LogP contribution < -0.4 is 15.0 Å². The molecule has 0 amide bonds. The van der Waals surface area contributed by atoms with Crippen molar-refractivity contribution in [1.29, 1.82) is 0 Å². The normalized spacial score (nSPS) is 13.7. The van der Waals surface area contributed by atoms with Crippen molar-refractivity contribution in [2.75, 3.05) is 13.2 Å². The van der Waals surface area contributed by atoms with Gasteiger partial charge in [0.25, 0.3) is 5.56 Å². The van der Waals surface area contributed by atoms with Gasteiger partial charge in [0.1, 0.15) is 11.2 Å². The van der Waals surface area contributed by atoms with Crippen LogP contribution in [0.4, 0.5) is 0 Å². The maximum atomic E-state index is 13.1. The Labute approximate surface area is 187 Å². The topological polar surface area (TPSA) is 65.7 Å². The molecule has 0 bridgehead atoms. The van der Waals surface area contributed by atoms with Gasteiger partial charge in [0, 0.05) is 4.88 Å². The second kappa shape index (κ2) is 9.31. The summed E-state index contributed by atoms with van der Waals surface area (Å²) in [6.45, 7) is 5.12. The van der Waals surface area contributed by atoms with Crippen molar-refractivity contribution < 1.29 is 9.47 Å². The zero-order chi connectivity index (χ0) is 21.1. The van der Waals surface area contributed by atoms with Gasteiger partial charge in [-0.2, -0.15) is 9.78 Å². The van der Waals surface area contributed by atoms with Gasteiger partial charge in [-0.15, -0.1) is 11.3 Å². The van der Waals surface area contributed by atoms with Crippen molar-refractivity contribution in [1.82, 2.24) is 9.66 Å². The molecule has 6 nitrogen and oxygen atoms in total. The average Bonchev–Trinajstić information content (AvgIpc) is 3.12. The number of hydrogen-bond donors (Lipinski definition) is 0. The van der Waals surface area contributed by atoms with Gasteiger partial charge in [0.2, 0.25) is 0 Å². The first-order valence-corrected chi connectivity index (χ1v) is 11.9. The van der Waals surface area contributed by atoms with Crippen molar-refractivity contribution in [3.8, 4) is 11.5 Å². The summed E-state index contributed by atoms with van der Waals surface area (Å²) >= 11 is 5.20. The lowest BCUT2D eigenvalue weighted by Gasteiger charge is -2.14. The molecule has 0 N–H and O–H groups in total. The summed E-state index contributed by atoms with van der Waals surface area (Å²) in [5.74, 6) is 1.33. The standard InChI is InChI=1S/C22H24BrN3O3S/c1-3-9-29-20-16(23)10-14(11-17(20)28-4-2)12-25-26-13-24-21-19(22(26)27)15-7-5-6-8-18(15)30-21/h10-13H,3-9H2,1-2H3/b25-12-. The summed E-state index contributed by atoms with van der Waals surface area (Å²) in [6.07, 6.45) is 8.35. The Morgan fingerprint density at radius 1 is 1.27 bits per heavy atom. The molecule has 0 aliphatic heterocycles. The fraction of sp³-hybridized carbons (Fsp3) is 0.409. The van der Waals surface area contributed by atoms with E-state index in [2.05, 4.69) is 32.9 Å². The lowest BCUT2D eigenvalue weighted by Crippen LogP contribution is -2.18. The van der Waals surface area contributed by atoms with E-state index >= 15 is 0 Å². The molecule has 0 saturated heterocycles. The predicted octanol–water partition coefficient (Wildman–Crippen LogP) is 5.17. The van der Waals surface area contributed by atoms with Crippen molar-refractivity contribution in [2.45, 2.75) is 46.0 Å². The number of benzene rings is 1. The maximum absolute atomic E-state index is 13.1. The highest BCUT2D eigenvalue weighted by Crippen LogP contribution is 2.37. The van der Waals surface area contributed by atoms with E-state index in [1.165, 1.54) is 27.9 Å². The maximum Gasteiger partial charge on any atom is 0.282 e. The van der Waals surface area contributed by atoms with E-state index in [1.807, 2.05) is 19.1 Å². The SMILES string of the molecule is CCCOc1c(Br)cc(/C=N\n2cnc3sc4c(c3c2=O)CCCC4)cc1OCC. The number of halogens is 1. The van der Waals surface area contributed by atoms with Crippen molar-refractivity contribution in [2.24, 2.45) is 5.10 Å². The molecule has 0 spiro atoms. The minimum absolute atomic E-state index is 0.109. The van der Waals surface area contributed by atoms with Gasteiger partial charge in [-0.05, 0) is 78.2 Å². The summed E-state index contributed by atoms with van der Waals surface area (Å²) in [5, 5.41) is 5.12. The molecule has 0 atom stereocenters. The average molecular weight is 490 g/mol. The minimum Gasteiger partial charge on any atom is -0.490 e. The third-order valence-corrected chi connectivity index (χ3v) is 6.76. The lowest BCUT2D eigenvalue weighted by atomic mass is 9.97. The molecule has 2 aromatic heterocycles. The van der Waals surface area contributed by atoms with E-state index in [-0.39, 0.29) is 5.56 Å². The van der Waals surface area contributed by atoms with E-state index in [0.29, 0.717) is 24.7 Å². The molecule has 1 aliphatic rings. The van der Waals surface area contributed by atoms with Crippen LogP contribution in [0.1, 0.15) is 49.1 Å². The second-order valence-corrected chi connectivity index (χ2v) is 9.08. The molecule has 3 aromatic rings. The molecule has 1 aromatic carbocycles. The summed E-state index contributed by atoms with van der Waals surface area (Å²) < 4.78 is 13.7. The van der Waals surface area contributed by atoms with E-state index in [0.717, 1.165) is 45.9 Å². The molecule has 0 fully saturated rings. The van der Waals surface area contributed by atoms with Crippen LogP contribution in [0.2, 0.25) is 0 Å². The first-order chi connectivity index (χ1) is 14.6. The highest BCUT2D eigenvalue weighted by atomic mass is 79.9. The Kier molecular flexibility index (Phi) is 6.53. The van der Waals surface area contributed by atoms with Crippen LogP contribution in [0, 0.1) is 0 Å². The Hall–Kier alpha value is -2.19. The molecule has 30 heavy (non-hydrogen) atoms. The Morgan fingerprint density at radius 2 is 2.10 bits per heavy atom. The monoisotopic (exact) mass is 489 g/mol. The first-order valence-electron chi connectivity index (χ1n) is 10.3. The quantitative estimate of drug-likeness (QED) is 0.429. The van der Waals surface area contributed by atoms with Crippen LogP contribution in [0.5, 0.6) is 11.5 Å².